The van der Waals surface area contributed by atoms with Gasteiger partial charge in [-0.1, -0.05) is 23.7 Å². The van der Waals surface area contributed by atoms with E-state index >= 15 is 0 Å². The lowest BCUT2D eigenvalue weighted by atomic mass is 10.1. The Morgan fingerprint density at radius 3 is 3.04 bits per heavy atom. The van der Waals surface area contributed by atoms with Gasteiger partial charge in [-0.3, -0.25) is 9.88 Å². The molecule has 0 bridgehead atoms. The Labute approximate surface area is 148 Å². The van der Waals surface area contributed by atoms with Gasteiger partial charge in [-0.25, -0.2) is 9.98 Å². The van der Waals surface area contributed by atoms with Crippen LogP contribution in [-0.4, -0.2) is 22.1 Å². The number of halogens is 1. The zero-order valence-corrected chi connectivity index (χ0v) is 13.9. The molecular weight excluding hydrogens is 338 g/mol. The molecule has 5 rings (SSSR count). The molecule has 1 aromatic heterocycles. The second-order valence-corrected chi connectivity index (χ2v) is 6.43. The van der Waals surface area contributed by atoms with Crippen LogP contribution in [0, 0.1) is 0 Å². The Bertz CT molecular complexity index is 1070. The van der Waals surface area contributed by atoms with Crippen LogP contribution in [0.25, 0.3) is 17.1 Å². The number of aromatic nitrogens is 2. The minimum Gasteiger partial charge on any atom is -0.488 e. The summed E-state index contributed by atoms with van der Waals surface area (Å²) in [4.78, 5) is 9.20. The van der Waals surface area contributed by atoms with Crippen LogP contribution in [0.2, 0.25) is 5.02 Å². The Kier molecular flexibility index (Phi) is 3.02. The molecule has 3 aromatic rings. The third kappa shape index (κ3) is 2.26. The molecule has 2 aliphatic rings. The van der Waals surface area contributed by atoms with E-state index in [2.05, 4.69) is 21.4 Å². The molecule has 3 N–H and O–H groups in total. The van der Waals surface area contributed by atoms with Gasteiger partial charge in [0.2, 0.25) is 5.95 Å². The van der Waals surface area contributed by atoms with Gasteiger partial charge in [0.15, 0.2) is 12.1 Å². The van der Waals surface area contributed by atoms with E-state index in [4.69, 9.17) is 22.1 Å². The highest BCUT2D eigenvalue weighted by molar-refractivity contribution is 6.30. The smallest absolute Gasteiger partial charge is 0.212 e. The molecule has 6 nitrogen and oxygen atoms in total. The SMILES string of the molecule is NC1=N[C@@H](C2=Cc3cc(Cl)ccc3OC2)n2c(nc3ccccc32)N1. The molecule has 3 heterocycles. The fourth-order valence-electron chi connectivity index (χ4n) is 3.28. The maximum absolute atomic E-state index is 6.12. The quantitative estimate of drug-likeness (QED) is 0.704. The second kappa shape index (κ2) is 5.26. The molecule has 124 valence electrons. The molecule has 0 amide bonds. The van der Waals surface area contributed by atoms with E-state index in [0.29, 0.717) is 23.5 Å². The van der Waals surface area contributed by atoms with Gasteiger partial charge in [-0.2, -0.15) is 0 Å². The molecule has 0 aliphatic carbocycles. The number of ether oxygens (including phenoxy) is 1. The van der Waals surface area contributed by atoms with Gasteiger partial charge >= 0.3 is 0 Å². The minimum atomic E-state index is -0.309. The zero-order chi connectivity index (χ0) is 17.0. The minimum absolute atomic E-state index is 0.309. The van der Waals surface area contributed by atoms with Crippen molar-refractivity contribution in [3.63, 3.8) is 0 Å². The summed E-state index contributed by atoms with van der Waals surface area (Å²) in [6, 6.07) is 13.5. The summed E-state index contributed by atoms with van der Waals surface area (Å²) < 4.78 is 7.93. The van der Waals surface area contributed by atoms with Gasteiger partial charge in [0.1, 0.15) is 12.4 Å². The molecule has 2 aliphatic heterocycles. The Balaban J connectivity index is 1.68. The zero-order valence-electron chi connectivity index (χ0n) is 13.1. The lowest BCUT2D eigenvalue weighted by Gasteiger charge is -2.28. The van der Waals surface area contributed by atoms with Crippen LogP contribution >= 0.6 is 11.6 Å². The number of nitrogens with zero attached hydrogens (tertiary/aromatic N) is 3. The monoisotopic (exact) mass is 351 g/mol. The van der Waals surface area contributed by atoms with Gasteiger partial charge in [-0.05, 0) is 36.4 Å². The van der Waals surface area contributed by atoms with Crippen molar-refractivity contribution in [2.45, 2.75) is 6.17 Å². The van der Waals surface area contributed by atoms with Gasteiger partial charge in [0.05, 0.1) is 11.0 Å². The first-order chi connectivity index (χ1) is 12.2. The van der Waals surface area contributed by atoms with Crippen LogP contribution in [0.1, 0.15) is 11.7 Å². The normalized spacial score (nSPS) is 18.5. The third-order valence-electron chi connectivity index (χ3n) is 4.38. The van der Waals surface area contributed by atoms with Gasteiger partial charge in [0.25, 0.3) is 0 Å². The highest BCUT2D eigenvalue weighted by Crippen LogP contribution is 2.37. The molecule has 7 heteroatoms. The first-order valence-corrected chi connectivity index (χ1v) is 8.27. The number of rotatable bonds is 1. The summed E-state index contributed by atoms with van der Waals surface area (Å²) in [5.41, 5.74) is 9.79. The second-order valence-electron chi connectivity index (χ2n) is 6.00. The van der Waals surface area contributed by atoms with E-state index in [9.17, 15) is 0 Å². The first-order valence-electron chi connectivity index (χ1n) is 7.89. The number of guanidine groups is 1. The molecule has 25 heavy (non-hydrogen) atoms. The Hall–Kier alpha value is -2.99. The van der Waals surface area contributed by atoms with Crippen LogP contribution in [0.4, 0.5) is 5.95 Å². The fraction of sp³-hybridized carbons (Fsp3) is 0.111. The molecule has 1 atom stereocenters. The number of hydrogen-bond acceptors (Lipinski definition) is 5. The molecule has 0 unspecified atom stereocenters. The van der Waals surface area contributed by atoms with Crippen molar-refractivity contribution in [1.82, 2.24) is 9.55 Å². The highest BCUT2D eigenvalue weighted by atomic mass is 35.5. The molecule has 0 radical (unpaired) electrons. The van der Waals surface area contributed by atoms with E-state index in [-0.39, 0.29) is 6.17 Å². The van der Waals surface area contributed by atoms with Crippen LogP contribution in [0.15, 0.2) is 53.0 Å². The highest BCUT2D eigenvalue weighted by Gasteiger charge is 2.28. The van der Waals surface area contributed by atoms with E-state index in [1.807, 2.05) is 47.0 Å². The predicted molar refractivity (Wildman–Crippen MR) is 98.9 cm³/mol. The van der Waals surface area contributed by atoms with Gasteiger partial charge in [-0.15, -0.1) is 0 Å². The third-order valence-corrected chi connectivity index (χ3v) is 4.62. The molecule has 0 fully saturated rings. The molecule has 2 aromatic carbocycles. The van der Waals surface area contributed by atoms with Crippen molar-refractivity contribution in [1.29, 1.82) is 0 Å². The first kappa shape index (κ1) is 14.4. The molecule has 0 saturated heterocycles. The van der Waals surface area contributed by atoms with Crippen LogP contribution in [-0.2, 0) is 0 Å². The number of hydrogen-bond donors (Lipinski definition) is 2. The lowest BCUT2D eigenvalue weighted by molar-refractivity contribution is 0.330. The maximum Gasteiger partial charge on any atom is 0.212 e. The van der Waals surface area contributed by atoms with E-state index in [0.717, 1.165) is 27.9 Å². The van der Waals surface area contributed by atoms with E-state index in [1.165, 1.54) is 0 Å². The summed E-state index contributed by atoms with van der Waals surface area (Å²) in [7, 11) is 0. The largest absolute Gasteiger partial charge is 0.488 e. The number of aliphatic imine (C=N–C) groups is 1. The molecule has 0 saturated carbocycles. The van der Waals surface area contributed by atoms with Crippen molar-refractivity contribution < 1.29 is 4.74 Å². The standard InChI is InChI=1S/C18H14ClN5O/c19-12-5-6-15-10(8-12)7-11(9-25-15)16-22-17(20)23-18-21-13-3-1-2-4-14(13)24(16)18/h1-8,16H,9H2,(H3,20,21,22,23)/t16-/m1/s1. The van der Waals surface area contributed by atoms with Crippen molar-refractivity contribution in [3.8, 4) is 5.75 Å². The van der Waals surface area contributed by atoms with Crippen molar-refractivity contribution in [3.05, 3.63) is 58.6 Å². The number of para-hydroxylation sites is 2. The van der Waals surface area contributed by atoms with Crippen LogP contribution < -0.4 is 15.8 Å². The van der Waals surface area contributed by atoms with Crippen LogP contribution in [0.3, 0.4) is 0 Å². The summed E-state index contributed by atoms with van der Waals surface area (Å²) in [6.45, 7) is 0.433. The molecular formula is C18H14ClN5O. The van der Waals surface area contributed by atoms with E-state index < -0.39 is 0 Å². The fourth-order valence-corrected chi connectivity index (χ4v) is 3.46. The number of nitrogens with two attached hydrogens (primary N) is 1. The summed E-state index contributed by atoms with van der Waals surface area (Å²) in [6.07, 6.45) is 1.76. The van der Waals surface area contributed by atoms with Crippen molar-refractivity contribution in [2.24, 2.45) is 10.7 Å². The van der Waals surface area contributed by atoms with Crippen molar-refractivity contribution in [2.75, 3.05) is 11.9 Å². The number of nitrogens with one attached hydrogen (secondary N) is 1. The predicted octanol–water partition coefficient (Wildman–Crippen LogP) is 3.40. The average Bonchev–Trinajstić information content (AvgIpc) is 2.98. The number of benzene rings is 2. The maximum atomic E-state index is 6.12. The summed E-state index contributed by atoms with van der Waals surface area (Å²) >= 11 is 6.12. The topological polar surface area (TPSA) is 77.5 Å². The molecule has 0 spiro atoms. The summed E-state index contributed by atoms with van der Waals surface area (Å²) in [5, 5.41) is 3.71. The average molecular weight is 352 g/mol. The lowest BCUT2D eigenvalue weighted by Crippen LogP contribution is -2.32. The van der Waals surface area contributed by atoms with Crippen LogP contribution in [0.5, 0.6) is 5.75 Å². The Morgan fingerprint density at radius 1 is 1.24 bits per heavy atom. The van der Waals surface area contributed by atoms with E-state index in [1.54, 1.807) is 0 Å². The van der Waals surface area contributed by atoms with Gasteiger partial charge in [0, 0.05) is 16.2 Å². The summed E-state index contributed by atoms with van der Waals surface area (Å²) in [5.74, 6) is 1.83. The number of imidazole rings is 1. The number of fused-ring (bicyclic) bond motifs is 4. The Morgan fingerprint density at radius 2 is 2.12 bits per heavy atom. The number of anilines is 1. The van der Waals surface area contributed by atoms with Gasteiger partial charge < -0.3 is 10.5 Å². The van der Waals surface area contributed by atoms with Crippen molar-refractivity contribution >= 4 is 40.6 Å².